The molecule has 4 rings (SSSR count). The van der Waals surface area contributed by atoms with E-state index in [0.29, 0.717) is 16.5 Å². The summed E-state index contributed by atoms with van der Waals surface area (Å²) in [5.74, 6) is 0.582. The number of carbonyl (C=O) groups is 1. The zero-order chi connectivity index (χ0) is 18.1. The van der Waals surface area contributed by atoms with E-state index in [1.165, 1.54) is 6.42 Å². The number of piperidine rings is 1. The predicted molar refractivity (Wildman–Crippen MR) is 104 cm³/mol. The van der Waals surface area contributed by atoms with Crippen LogP contribution in [0.4, 0.5) is 0 Å². The van der Waals surface area contributed by atoms with Gasteiger partial charge in [0.15, 0.2) is 0 Å². The van der Waals surface area contributed by atoms with Gasteiger partial charge in [-0.25, -0.2) is 4.98 Å². The van der Waals surface area contributed by atoms with Crippen LogP contribution in [0.15, 0.2) is 48.8 Å². The van der Waals surface area contributed by atoms with Crippen molar-refractivity contribution in [1.82, 2.24) is 14.9 Å². The molecule has 1 aliphatic heterocycles. The minimum atomic E-state index is 0.0522. The molecule has 3 heterocycles. The summed E-state index contributed by atoms with van der Waals surface area (Å²) in [6, 6.07) is 11.2. The van der Waals surface area contributed by atoms with Gasteiger partial charge in [-0.15, -0.1) is 0 Å². The molecule has 0 radical (unpaired) electrons. The van der Waals surface area contributed by atoms with Crippen LogP contribution < -0.4 is 0 Å². The van der Waals surface area contributed by atoms with Crippen molar-refractivity contribution in [3.05, 3.63) is 59.4 Å². The van der Waals surface area contributed by atoms with E-state index in [0.717, 1.165) is 41.7 Å². The van der Waals surface area contributed by atoms with Gasteiger partial charge in [0.05, 0.1) is 16.8 Å². The minimum absolute atomic E-state index is 0.0522. The Hall–Kier alpha value is -2.46. The van der Waals surface area contributed by atoms with Crippen molar-refractivity contribution >= 4 is 28.4 Å². The Kier molecular flexibility index (Phi) is 4.60. The Bertz CT molecular complexity index is 958. The van der Waals surface area contributed by atoms with Gasteiger partial charge in [-0.05, 0) is 55.2 Å². The van der Waals surface area contributed by atoms with Crippen LogP contribution >= 0.6 is 11.6 Å². The summed E-state index contributed by atoms with van der Waals surface area (Å²) in [4.78, 5) is 24.1. The standard InChI is InChI=1S/C21H20ClN3O/c1-14-4-3-9-25(13-14)21(26)18-11-20(15-5-2-8-23-12-15)24-19-7-6-16(22)10-17(18)19/h2,5-8,10-12,14H,3-4,9,13H2,1H3/t14-/m1/s1. The molecule has 3 aromatic rings. The van der Waals surface area contributed by atoms with Crippen LogP contribution in [0.5, 0.6) is 0 Å². The highest BCUT2D eigenvalue weighted by Crippen LogP contribution is 2.28. The fraction of sp³-hybridized carbons (Fsp3) is 0.286. The highest BCUT2D eigenvalue weighted by atomic mass is 35.5. The average molecular weight is 366 g/mol. The molecule has 0 aliphatic carbocycles. The molecule has 1 amide bonds. The minimum Gasteiger partial charge on any atom is -0.338 e. The number of fused-ring (bicyclic) bond motifs is 1. The number of likely N-dealkylation sites (tertiary alicyclic amines) is 1. The van der Waals surface area contributed by atoms with Crippen molar-refractivity contribution in [2.24, 2.45) is 5.92 Å². The second-order valence-electron chi connectivity index (χ2n) is 6.96. The summed E-state index contributed by atoms with van der Waals surface area (Å²) in [7, 11) is 0. The van der Waals surface area contributed by atoms with Gasteiger partial charge in [-0.2, -0.15) is 0 Å². The first-order valence-electron chi connectivity index (χ1n) is 8.92. The van der Waals surface area contributed by atoms with Gasteiger partial charge in [0.1, 0.15) is 0 Å². The molecule has 1 atom stereocenters. The molecule has 0 bridgehead atoms. The highest BCUT2D eigenvalue weighted by Gasteiger charge is 2.24. The Morgan fingerprint density at radius 2 is 2.15 bits per heavy atom. The molecule has 1 aliphatic rings. The summed E-state index contributed by atoms with van der Waals surface area (Å²) in [6.07, 6.45) is 5.71. The maximum absolute atomic E-state index is 13.3. The van der Waals surface area contributed by atoms with Crippen molar-refractivity contribution in [2.75, 3.05) is 13.1 Å². The lowest BCUT2D eigenvalue weighted by molar-refractivity contribution is 0.0685. The summed E-state index contributed by atoms with van der Waals surface area (Å²) in [5, 5.41) is 1.41. The number of nitrogens with zero attached hydrogens (tertiary/aromatic N) is 3. The van der Waals surface area contributed by atoms with Crippen molar-refractivity contribution in [3.63, 3.8) is 0 Å². The van der Waals surface area contributed by atoms with Crippen molar-refractivity contribution in [3.8, 4) is 11.3 Å². The molecule has 0 saturated carbocycles. The Morgan fingerprint density at radius 3 is 2.92 bits per heavy atom. The second kappa shape index (κ2) is 7.04. The van der Waals surface area contributed by atoms with Crippen molar-refractivity contribution < 1.29 is 4.79 Å². The quantitative estimate of drug-likeness (QED) is 0.653. The van der Waals surface area contributed by atoms with Crippen LogP contribution in [0.2, 0.25) is 5.02 Å². The molecular weight excluding hydrogens is 346 g/mol. The van der Waals surface area contributed by atoms with Crippen LogP contribution in [0.3, 0.4) is 0 Å². The number of rotatable bonds is 2. The fourth-order valence-corrected chi connectivity index (χ4v) is 3.75. The van der Waals surface area contributed by atoms with Crippen LogP contribution in [0, 0.1) is 5.92 Å². The third-order valence-electron chi connectivity index (χ3n) is 4.90. The van der Waals surface area contributed by atoms with Gasteiger partial charge >= 0.3 is 0 Å². The van der Waals surface area contributed by atoms with Gasteiger partial charge in [-0.1, -0.05) is 18.5 Å². The molecule has 0 spiro atoms. The van der Waals surface area contributed by atoms with Crippen molar-refractivity contribution in [2.45, 2.75) is 19.8 Å². The van der Waals surface area contributed by atoms with E-state index in [1.807, 2.05) is 35.2 Å². The number of aromatic nitrogens is 2. The maximum Gasteiger partial charge on any atom is 0.254 e. The number of halogens is 1. The molecule has 0 N–H and O–H groups in total. The van der Waals surface area contributed by atoms with Crippen LogP contribution in [-0.4, -0.2) is 33.9 Å². The molecular formula is C21H20ClN3O. The van der Waals surface area contributed by atoms with Gasteiger partial charge in [-0.3, -0.25) is 9.78 Å². The first-order chi connectivity index (χ1) is 12.6. The van der Waals surface area contributed by atoms with Crippen molar-refractivity contribution in [1.29, 1.82) is 0 Å². The third-order valence-corrected chi connectivity index (χ3v) is 5.14. The topological polar surface area (TPSA) is 46.1 Å². The predicted octanol–water partition coefficient (Wildman–Crippen LogP) is 4.82. The summed E-state index contributed by atoms with van der Waals surface area (Å²) in [5.41, 5.74) is 3.07. The van der Waals surface area contributed by atoms with E-state index in [2.05, 4.69) is 11.9 Å². The zero-order valence-corrected chi connectivity index (χ0v) is 15.4. The van der Waals surface area contributed by atoms with Crippen LogP contribution in [-0.2, 0) is 0 Å². The van der Waals surface area contributed by atoms with E-state index in [4.69, 9.17) is 16.6 Å². The molecule has 132 valence electrons. The lowest BCUT2D eigenvalue weighted by Gasteiger charge is -2.31. The van der Waals surface area contributed by atoms with E-state index in [9.17, 15) is 4.79 Å². The number of hydrogen-bond donors (Lipinski definition) is 0. The van der Waals surface area contributed by atoms with E-state index >= 15 is 0 Å². The molecule has 26 heavy (non-hydrogen) atoms. The van der Waals surface area contributed by atoms with Crippen LogP contribution in [0.1, 0.15) is 30.1 Å². The number of pyridine rings is 2. The van der Waals surface area contributed by atoms with E-state index < -0.39 is 0 Å². The Morgan fingerprint density at radius 1 is 1.27 bits per heavy atom. The molecule has 1 aromatic carbocycles. The number of hydrogen-bond acceptors (Lipinski definition) is 3. The van der Waals surface area contributed by atoms with Gasteiger partial charge in [0.25, 0.3) is 5.91 Å². The van der Waals surface area contributed by atoms with Gasteiger partial charge in [0.2, 0.25) is 0 Å². The Balaban J connectivity index is 1.85. The summed E-state index contributed by atoms with van der Waals surface area (Å²) < 4.78 is 0. The average Bonchev–Trinajstić information content (AvgIpc) is 2.67. The normalized spacial score (nSPS) is 17.5. The largest absolute Gasteiger partial charge is 0.338 e. The third kappa shape index (κ3) is 3.29. The lowest BCUT2D eigenvalue weighted by atomic mass is 9.98. The first-order valence-corrected chi connectivity index (χ1v) is 9.29. The molecule has 1 saturated heterocycles. The zero-order valence-electron chi connectivity index (χ0n) is 14.7. The van der Waals surface area contributed by atoms with E-state index in [-0.39, 0.29) is 5.91 Å². The fourth-order valence-electron chi connectivity index (χ4n) is 3.58. The highest BCUT2D eigenvalue weighted by molar-refractivity contribution is 6.31. The summed E-state index contributed by atoms with van der Waals surface area (Å²) in [6.45, 7) is 3.79. The molecule has 2 aromatic heterocycles. The van der Waals surface area contributed by atoms with Crippen LogP contribution in [0.25, 0.3) is 22.2 Å². The van der Waals surface area contributed by atoms with E-state index in [1.54, 1.807) is 18.5 Å². The lowest BCUT2D eigenvalue weighted by Crippen LogP contribution is -2.39. The SMILES string of the molecule is C[C@@H]1CCCN(C(=O)c2cc(-c3cccnc3)nc3ccc(Cl)cc23)C1. The number of carbonyl (C=O) groups excluding carboxylic acids is 1. The van der Waals surface area contributed by atoms with Gasteiger partial charge < -0.3 is 4.90 Å². The Labute approximate surface area is 157 Å². The second-order valence-corrected chi connectivity index (χ2v) is 7.39. The molecule has 5 heteroatoms. The monoisotopic (exact) mass is 365 g/mol. The number of amides is 1. The number of benzene rings is 1. The first kappa shape index (κ1) is 17.0. The molecule has 1 fully saturated rings. The molecule has 4 nitrogen and oxygen atoms in total. The summed E-state index contributed by atoms with van der Waals surface area (Å²) >= 11 is 6.20. The van der Waals surface area contributed by atoms with Gasteiger partial charge in [0, 0.05) is 41.5 Å². The molecule has 0 unspecified atom stereocenters. The maximum atomic E-state index is 13.3. The smallest absolute Gasteiger partial charge is 0.254 e.